The molecule has 25 heavy (non-hydrogen) atoms. The van der Waals surface area contributed by atoms with Gasteiger partial charge in [-0.3, -0.25) is 9.59 Å². The van der Waals surface area contributed by atoms with Crippen molar-refractivity contribution in [1.29, 1.82) is 0 Å². The molecule has 0 aliphatic heterocycles. The van der Waals surface area contributed by atoms with E-state index in [0.717, 1.165) is 44.9 Å². The van der Waals surface area contributed by atoms with E-state index in [4.69, 9.17) is 0 Å². The van der Waals surface area contributed by atoms with Gasteiger partial charge in [0.2, 0.25) is 0 Å². The van der Waals surface area contributed by atoms with Crippen molar-refractivity contribution in [3.63, 3.8) is 0 Å². The van der Waals surface area contributed by atoms with E-state index >= 15 is 0 Å². The van der Waals surface area contributed by atoms with Crippen molar-refractivity contribution in [2.24, 2.45) is 22.7 Å². The van der Waals surface area contributed by atoms with Crippen LogP contribution >= 0.6 is 0 Å². The zero-order chi connectivity index (χ0) is 18.0. The Hall–Kier alpha value is -1.22. The fourth-order valence-electron chi connectivity index (χ4n) is 6.67. The number of carbonyl (C=O) groups excluding carboxylic acids is 2. The van der Waals surface area contributed by atoms with Gasteiger partial charge in [-0.05, 0) is 86.3 Å². The summed E-state index contributed by atoms with van der Waals surface area (Å²) in [4.78, 5) is 24.6. The van der Waals surface area contributed by atoms with Crippen LogP contribution in [0.1, 0.15) is 72.1 Å². The van der Waals surface area contributed by atoms with Gasteiger partial charge in [0, 0.05) is 11.8 Å². The molecule has 0 aromatic rings. The molecule has 4 rings (SSSR count). The number of hydrogen-bond acceptors (Lipinski definition) is 3. The first-order valence-corrected chi connectivity index (χ1v) is 9.96. The van der Waals surface area contributed by atoms with Crippen LogP contribution in [-0.4, -0.2) is 22.8 Å². The van der Waals surface area contributed by atoms with E-state index in [1.54, 1.807) is 12.5 Å². The molecule has 2 saturated carbocycles. The first kappa shape index (κ1) is 17.2. The Morgan fingerprint density at radius 3 is 2.64 bits per heavy atom. The summed E-state index contributed by atoms with van der Waals surface area (Å²) in [5.41, 5.74) is 3.96. The summed E-state index contributed by atoms with van der Waals surface area (Å²) in [6.07, 6.45) is 8.82. The second-order valence-corrected chi connectivity index (χ2v) is 9.22. The molecule has 0 spiro atoms. The predicted molar refractivity (Wildman–Crippen MR) is 96.9 cm³/mol. The Balaban J connectivity index is 1.72. The smallest absolute Gasteiger partial charge is 0.167 e. The molecule has 5 atom stereocenters. The number of ketones is 2. The summed E-state index contributed by atoms with van der Waals surface area (Å²) in [5, 5.41) is 9.96. The largest absolute Gasteiger partial charge is 0.386 e. The maximum Gasteiger partial charge on any atom is 0.167 e. The Morgan fingerprint density at radius 1 is 1.16 bits per heavy atom. The summed E-state index contributed by atoms with van der Waals surface area (Å²) in [6, 6.07) is 0. The molecule has 136 valence electrons. The highest BCUT2D eigenvalue weighted by Crippen LogP contribution is 2.67. The van der Waals surface area contributed by atoms with Gasteiger partial charge in [-0.15, -0.1) is 0 Å². The number of aliphatic hydroxyl groups excluding tert-OH is 1. The van der Waals surface area contributed by atoms with Gasteiger partial charge in [0.15, 0.2) is 11.6 Å². The Bertz CT molecular complexity index is 698. The van der Waals surface area contributed by atoms with Crippen molar-refractivity contribution in [2.45, 2.75) is 78.2 Å². The van der Waals surface area contributed by atoms with Gasteiger partial charge in [0.25, 0.3) is 0 Å². The molecule has 0 heterocycles. The van der Waals surface area contributed by atoms with Gasteiger partial charge in [-0.1, -0.05) is 19.4 Å². The SMILES string of the molecule is C[C@H](O)C(=O)[C@]1(C)CC[C@@H]2[C@H]3CCC4=CC(=O)CCC4=C3CC[C@@]21C. The van der Waals surface area contributed by atoms with Gasteiger partial charge < -0.3 is 5.11 Å². The highest BCUT2D eigenvalue weighted by molar-refractivity contribution is 5.93. The van der Waals surface area contributed by atoms with Crippen LogP contribution in [0.15, 0.2) is 22.8 Å². The molecule has 3 heteroatoms. The van der Waals surface area contributed by atoms with E-state index in [0.29, 0.717) is 18.3 Å². The van der Waals surface area contributed by atoms with E-state index < -0.39 is 11.5 Å². The number of aliphatic hydroxyl groups is 1. The second kappa shape index (κ2) is 5.64. The molecule has 2 fully saturated rings. The van der Waals surface area contributed by atoms with Crippen molar-refractivity contribution in [3.05, 3.63) is 22.8 Å². The molecule has 0 aromatic carbocycles. The molecular weight excluding hydrogens is 312 g/mol. The average molecular weight is 342 g/mol. The van der Waals surface area contributed by atoms with E-state index in [1.165, 1.54) is 11.1 Å². The lowest BCUT2D eigenvalue weighted by molar-refractivity contribution is -0.144. The number of carbonyl (C=O) groups is 2. The highest BCUT2D eigenvalue weighted by atomic mass is 16.3. The molecule has 0 bridgehead atoms. The minimum Gasteiger partial charge on any atom is -0.386 e. The van der Waals surface area contributed by atoms with Crippen molar-refractivity contribution in [1.82, 2.24) is 0 Å². The van der Waals surface area contributed by atoms with Gasteiger partial charge in [-0.2, -0.15) is 0 Å². The van der Waals surface area contributed by atoms with Crippen molar-refractivity contribution in [2.75, 3.05) is 0 Å². The minimum atomic E-state index is -0.870. The van der Waals surface area contributed by atoms with Gasteiger partial charge in [0.1, 0.15) is 6.10 Å². The predicted octanol–water partition coefficient (Wildman–Crippen LogP) is 4.15. The summed E-state index contributed by atoms with van der Waals surface area (Å²) in [7, 11) is 0. The maximum absolute atomic E-state index is 12.8. The van der Waals surface area contributed by atoms with E-state index in [-0.39, 0.29) is 17.0 Å². The van der Waals surface area contributed by atoms with Crippen molar-refractivity contribution in [3.8, 4) is 0 Å². The topological polar surface area (TPSA) is 54.4 Å². The first-order chi connectivity index (χ1) is 11.8. The Kier molecular flexibility index (Phi) is 3.88. The zero-order valence-corrected chi connectivity index (χ0v) is 15.7. The zero-order valence-electron chi connectivity index (χ0n) is 15.7. The lowest BCUT2D eigenvalue weighted by Crippen LogP contribution is -2.50. The number of Topliss-reactive ketones (excluding diaryl/α,β-unsaturated/α-hetero) is 1. The number of allylic oxidation sites excluding steroid dienone is 4. The van der Waals surface area contributed by atoms with Crippen molar-refractivity contribution >= 4 is 11.6 Å². The molecule has 4 aliphatic carbocycles. The lowest BCUT2D eigenvalue weighted by Gasteiger charge is -2.52. The Morgan fingerprint density at radius 2 is 1.92 bits per heavy atom. The third kappa shape index (κ3) is 2.27. The van der Waals surface area contributed by atoms with Crippen LogP contribution in [0.3, 0.4) is 0 Å². The van der Waals surface area contributed by atoms with Crippen LogP contribution in [0.25, 0.3) is 0 Å². The fraction of sp³-hybridized carbons (Fsp3) is 0.727. The number of hydrogen-bond donors (Lipinski definition) is 1. The molecule has 0 saturated heterocycles. The Labute approximate surface area is 150 Å². The molecule has 0 amide bonds. The molecule has 3 nitrogen and oxygen atoms in total. The minimum absolute atomic E-state index is 0.0124. The summed E-state index contributed by atoms with van der Waals surface area (Å²) in [5.74, 6) is 1.43. The standard InChI is InChI=1S/C22H30O3/c1-13(23)20(25)22(3)11-9-19-18-6-4-14-12-15(24)5-7-16(14)17(18)8-10-21(19,22)2/h12-13,18-19,23H,4-11H2,1-3H3/t13-,18-,19+,21-,22-/m0/s1. The van der Waals surface area contributed by atoms with Crippen LogP contribution in [0.2, 0.25) is 0 Å². The van der Waals surface area contributed by atoms with Crippen LogP contribution in [0.5, 0.6) is 0 Å². The third-order valence-electron chi connectivity index (χ3n) is 8.26. The molecular formula is C22H30O3. The summed E-state index contributed by atoms with van der Waals surface area (Å²) < 4.78 is 0. The van der Waals surface area contributed by atoms with Crippen molar-refractivity contribution < 1.29 is 14.7 Å². The summed E-state index contributed by atoms with van der Waals surface area (Å²) >= 11 is 0. The monoisotopic (exact) mass is 342 g/mol. The van der Waals surface area contributed by atoms with Crippen LogP contribution < -0.4 is 0 Å². The number of rotatable bonds is 2. The highest BCUT2D eigenvalue weighted by Gasteiger charge is 2.62. The van der Waals surface area contributed by atoms with Gasteiger partial charge in [-0.25, -0.2) is 0 Å². The van der Waals surface area contributed by atoms with Gasteiger partial charge >= 0.3 is 0 Å². The summed E-state index contributed by atoms with van der Waals surface area (Å²) in [6.45, 7) is 6.03. The molecule has 0 aromatic heterocycles. The molecule has 0 unspecified atom stereocenters. The second-order valence-electron chi connectivity index (χ2n) is 9.22. The van der Waals surface area contributed by atoms with Gasteiger partial charge in [0.05, 0.1) is 0 Å². The molecule has 1 N–H and O–H groups in total. The lowest BCUT2D eigenvalue weighted by atomic mass is 9.51. The van der Waals surface area contributed by atoms with E-state index in [2.05, 4.69) is 13.8 Å². The van der Waals surface area contributed by atoms with Crippen LogP contribution in [-0.2, 0) is 9.59 Å². The first-order valence-electron chi connectivity index (χ1n) is 9.96. The maximum atomic E-state index is 12.8. The van der Waals surface area contributed by atoms with Crippen LogP contribution in [0.4, 0.5) is 0 Å². The molecule has 4 aliphatic rings. The van der Waals surface area contributed by atoms with Crippen LogP contribution in [0, 0.1) is 22.7 Å². The molecule has 0 radical (unpaired) electrons. The average Bonchev–Trinajstić information content (AvgIpc) is 2.86. The fourth-order valence-corrected chi connectivity index (χ4v) is 6.67. The number of fused-ring (bicyclic) bond motifs is 4. The van der Waals surface area contributed by atoms with E-state index in [1.807, 2.05) is 6.08 Å². The van der Waals surface area contributed by atoms with E-state index in [9.17, 15) is 14.7 Å². The third-order valence-corrected chi connectivity index (χ3v) is 8.26. The quantitative estimate of drug-likeness (QED) is 0.820. The normalized spacial score (nSPS) is 41.6.